The number of hydrogen-bond donors (Lipinski definition) is 0. The smallest absolute Gasteiger partial charge is 0.399 e. The van der Waals surface area contributed by atoms with Gasteiger partial charge in [0.25, 0.3) is 0 Å². The molecular formula is C11H21BO2. The Morgan fingerprint density at radius 3 is 1.71 bits per heavy atom. The SMILES string of the molecule is C=C(C)B1OC2(C)CCC2(C)O1.CC. The molecule has 2 rings (SSSR count). The molecule has 2 unspecified atom stereocenters. The van der Waals surface area contributed by atoms with Gasteiger partial charge in [-0.2, -0.15) is 0 Å². The number of allylic oxidation sites excluding steroid dienone is 1. The summed E-state index contributed by atoms with van der Waals surface area (Å²) >= 11 is 0. The van der Waals surface area contributed by atoms with Gasteiger partial charge in [0.2, 0.25) is 0 Å². The zero-order chi connectivity index (χ0) is 11.0. The topological polar surface area (TPSA) is 18.5 Å². The average Bonchev–Trinajstić information content (AvgIpc) is 2.33. The lowest BCUT2D eigenvalue weighted by atomic mass is 9.68. The molecule has 1 aliphatic carbocycles. The van der Waals surface area contributed by atoms with Gasteiger partial charge in [-0.15, -0.1) is 6.58 Å². The highest BCUT2D eigenvalue weighted by Crippen LogP contribution is 2.53. The van der Waals surface area contributed by atoms with Crippen LogP contribution in [0.25, 0.3) is 0 Å². The van der Waals surface area contributed by atoms with Gasteiger partial charge in [0, 0.05) is 0 Å². The monoisotopic (exact) mass is 196 g/mol. The molecule has 0 aromatic rings. The summed E-state index contributed by atoms with van der Waals surface area (Å²) in [4.78, 5) is 0. The lowest BCUT2D eigenvalue weighted by Gasteiger charge is -2.49. The van der Waals surface area contributed by atoms with E-state index in [-0.39, 0.29) is 18.3 Å². The van der Waals surface area contributed by atoms with Crippen molar-refractivity contribution in [2.24, 2.45) is 0 Å². The number of rotatable bonds is 1. The van der Waals surface area contributed by atoms with Crippen LogP contribution in [0.4, 0.5) is 0 Å². The molecule has 0 spiro atoms. The summed E-state index contributed by atoms with van der Waals surface area (Å²) in [6, 6.07) is 0. The van der Waals surface area contributed by atoms with E-state index >= 15 is 0 Å². The van der Waals surface area contributed by atoms with Crippen molar-refractivity contribution in [3.63, 3.8) is 0 Å². The minimum absolute atomic E-state index is 0.0589. The van der Waals surface area contributed by atoms with E-state index in [0.717, 1.165) is 18.3 Å². The Hall–Kier alpha value is -0.275. The maximum absolute atomic E-state index is 5.79. The molecule has 0 bridgehead atoms. The zero-order valence-corrected chi connectivity index (χ0v) is 10.0. The van der Waals surface area contributed by atoms with Gasteiger partial charge >= 0.3 is 7.12 Å². The van der Waals surface area contributed by atoms with E-state index in [1.165, 1.54) is 0 Å². The fourth-order valence-corrected chi connectivity index (χ4v) is 1.89. The second-order valence-electron chi connectivity index (χ2n) is 4.38. The van der Waals surface area contributed by atoms with Crippen molar-refractivity contribution in [1.29, 1.82) is 0 Å². The van der Waals surface area contributed by atoms with Crippen molar-refractivity contribution in [3.8, 4) is 0 Å². The maximum Gasteiger partial charge on any atom is 0.489 e. The van der Waals surface area contributed by atoms with Crippen molar-refractivity contribution in [2.45, 2.75) is 58.7 Å². The third-order valence-corrected chi connectivity index (χ3v) is 3.33. The van der Waals surface area contributed by atoms with Gasteiger partial charge in [-0.05, 0) is 33.6 Å². The molecule has 0 radical (unpaired) electrons. The van der Waals surface area contributed by atoms with Crippen LogP contribution in [0.5, 0.6) is 0 Å². The van der Waals surface area contributed by atoms with Crippen LogP contribution in [0.15, 0.2) is 12.1 Å². The van der Waals surface area contributed by atoms with Crippen LogP contribution >= 0.6 is 0 Å². The van der Waals surface area contributed by atoms with Gasteiger partial charge < -0.3 is 9.31 Å². The zero-order valence-electron chi connectivity index (χ0n) is 10.0. The maximum atomic E-state index is 5.79. The molecule has 1 saturated carbocycles. The first-order chi connectivity index (χ1) is 6.47. The van der Waals surface area contributed by atoms with Gasteiger partial charge in [0.05, 0.1) is 11.2 Å². The summed E-state index contributed by atoms with van der Waals surface area (Å²) < 4.78 is 11.6. The van der Waals surface area contributed by atoms with Crippen molar-refractivity contribution in [2.75, 3.05) is 0 Å². The van der Waals surface area contributed by atoms with Gasteiger partial charge in [0.15, 0.2) is 0 Å². The molecule has 2 nitrogen and oxygen atoms in total. The second-order valence-corrected chi connectivity index (χ2v) is 4.38. The molecule has 2 aliphatic rings. The summed E-state index contributed by atoms with van der Waals surface area (Å²) in [5, 5.41) is 0. The fraction of sp³-hybridized carbons (Fsp3) is 0.818. The first-order valence-electron chi connectivity index (χ1n) is 5.48. The van der Waals surface area contributed by atoms with Crippen LogP contribution in [0, 0.1) is 0 Å². The first kappa shape index (κ1) is 11.8. The highest BCUT2D eigenvalue weighted by atomic mass is 16.7. The van der Waals surface area contributed by atoms with Crippen LogP contribution in [-0.2, 0) is 9.31 Å². The number of fused-ring (bicyclic) bond motifs is 1. The highest BCUT2D eigenvalue weighted by Gasteiger charge is 2.62. The van der Waals surface area contributed by atoms with E-state index in [4.69, 9.17) is 9.31 Å². The Morgan fingerprint density at radius 2 is 1.50 bits per heavy atom. The standard InChI is InChI=1S/C9H15BO2.C2H6/c1-7(2)10-11-8(3)5-6-9(8,4)12-10;1-2/h1,5-6H2,2-4H3;1-2H3. The van der Waals surface area contributed by atoms with Crippen LogP contribution in [0.1, 0.15) is 47.5 Å². The minimum atomic E-state index is -0.178. The van der Waals surface area contributed by atoms with Gasteiger partial charge in [0.1, 0.15) is 0 Å². The van der Waals surface area contributed by atoms with E-state index in [1.54, 1.807) is 0 Å². The molecule has 2 fully saturated rings. The van der Waals surface area contributed by atoms with Gasteiger partial charge in [-0.3, -0.25) is 0 Å². The van der Waals surface area contributed by atoms with Crippen LogP contribution < -0.4 is 0 Å². The Kier molecular flexibility index (Phi) is 3.12. The van der Waals surface area contributed by atoms with Crippen molar-refractivity contribution in [3.05, 3.63) is 12.1 Å². The van der Waals surface area contributed by atoms with E-state index in [1.807, 2.05) is 20.8 Å². The molecule has 14 heavy (non-hydrogen) atoms. The third-order valence-electron chi connectivity index (χ3n) is 3.33. The lowest BCUT2D eigenvalue weighted by molar-refractivity contribution is -0.108. The number of hydrogen-bond acceptors (Lipinski definition) is 2. The van der Waals surface area contributed by atoms with E-state index in [9.17, 15) is 0 Å². The molecule has 80 valence electrons. The first-order valence-corrected chi connectivity index (χ1v) is 5.48. The molecule has 0 aromatic carbocycles. The van der Waals surface area contributed by atoms with Gasteiger partial charge in [-0.1, -0.05) is 19.3 Å². The molecule has 0 aromatic heterocycles. The molecule has 1 aliphatic heterocycles. The highest BCUT2D eigenvalue weighted by molar-refractivity contribution is 6.54. The molecule has 0 amide bonds. The lowest BCUT2D eigenvalue weighted by Crippen LogP contribution is -2.56. The Balaban J connectivity index is 0.000000461. The van der Waals surface area contributed by atoms with Crippen LogP contribution in [0.3, 0.4) is 0 Å². The normalized spacial score (nSPS) is 39.4. The average molecular weight is 196 g/mol. The molecule has 1 saturated heterocycles. The van der Waals surface area contributed by atoms with Crippen molar-refractivity contribution < 1.29 is 9.31 Å². The predicted octanol–water partition coefficient (Wildman–Crippen LogP) is 2.97. The molecule has 1 heterocycles. The minimum Gasteiger partial charge on any atom is -0.399 e. The van der Waals surface area contributed by atoms with E-state index in [0.29, 0.717) is 0 Å². The largest absolute Gasteiger partial charge is 0.489 e. The molecular weight excluding hydrogens is 175 g/mol. The Labute approximate surface area is 87.8 Å². The summed E-state index contributed by atoms with van der Waals surface area (Å²) in [6.45, 7) is 14.0. The van der Waals surface area contributed by atoms with Crippen LogP contribution in [-0.4, -0.2) is 18.3 Å². The summed E-state index contributed by atoms with van der Waals surface area (Å²) in [5.74, 6) is 0. The second kappa shape index (κ2) is 3.71. The Morgan fingerprint density at radius 1 is 1.14 bits per heavy atom. The van der Waals surface area contributed by atoms with E-state index < -0.39 is 0 Å². The van der Waals surface area contributed by atoms with E-state index in [2.05, 4.69) is 20.4 Å². The summed E-state index contributed by atoms with van der Waals surface area (Å²) in [6.07, 6.45) is 2.21. The van der Waals surface area contributed by atoms with Gasteiger partial charge in [-0.25, -0.2) is 0 Å². The van der Waals surface area contributed by atoms with Crippen LogP contribution in [0.2, 0.25) is 0 Å². The third kappa shape index (κ3) is 1.53. The molecule has 3 heteroatoms. The molecule has 0 N–H and O–H groups in total. The predicted molar refractivity (Wildman–Crippen MR) is 60.1 cm³/mol. The molecule has 2 atom stereocenters. The van der Waals surface area contributed by atoms with Crippen molar-refractivity contribution >= 4 is 7.12 Å². The quantitative estimate of drug-likeness (QED) is 0.600. The van der Waals surface area contributed by atoms with Crippen molar-refractivity contribution in [1.82, 2.24) is 0 Å². The fourth-order valence-electron chi connectivity index (χ4n) is 1.89. The summed E-state index contributed by atoms with van der Waals surface area (Å²) in [5.41, 5.74) is 0.847. The summed E-state index contributed by atoms with van der Waals surface area (Å²) in [7, 11) is -0.178. The Bertz CT molecular complexity index is 223.